The highest BCUT2D eigenvalue weighted by Gasteiger charge is 2.37. The molecule has 0 bridgehead atoms. The highest BCUT2D eigenvalue weighted by Crippen LogP contribution is 2.35. The lowest BCUT2D eigenvalue weighted by Crippen LogP contribution is -2.51. The molecule has 270 valence electrons. The van der Waals surface area contributed by atoms with Crippen LogP contribution >= 0.6 is 37.2 Å². The molecule has 0 radical (unpaired) electrons. The van der Waals surface area contributed by atoms with Gasteiger partial charge < -0.3 is 30.2 Å². The number of aryl methyl sites for hydroxylation is 1. The molecular formula is C38H44Cl3N7O3. The summed E-state index contributed by atoms with van der Waals surface area (Å²) >= 11 is 0. The van der Waals surface area contributed by atoms with Gasteiger partial charge in [0, 0.05) is 17.7 Å². The highest BCUT2D eigenvalue weighted by molar-refractivity contribution is 5.87. The number of carbonyl (C=O) groups is 2. The van der Waals surface area contributed by atoms with E-state index in [-0.39, 0.29) is 61.1 Å². The number of imidazole rings is 2. The molecule has 0 spiro atoms. The Morgan fingerprint density at radius 2 is 1.69 bits per heavy atom. The summed E-state index contributed by atoms with van der Waals surface area (Å²) in [6.07, 6.45) is 6.82. The molecule has 2 saturated heterocycles. The lowest BCUT2D eigenvalue weighted by atomic mass is 9.93. The number of amides is 2. The quantitative estimate of drug-likeness (QED) is 0.152. The number of aromatic amines is 2. The van der Waals surface area contributed by atoms with E-state index in [1.807, 2.05) is 43.1 Å². The summed E-state index contributed by atoms with van der Waals surface area (Å²) in [5.74, 6) is 13.9. The van der Waals surface area contributed by atoms with Crippen LogP contribution in [0.3, 0.4) is 0 Å². The smallest absolute Gasteiger partial charge is 0.407 e. The van der Waals surface area contributed by atoms with Crippen molar-refractivity contribution in [3.05, 3.63) is 83.3 Å². The van der Waals surface area contributed by atoms with Crippen molar-refractivity contribution in [1.29, 1.82) is 0 Å². The third-order valence-corrected chi connectivity index (χ3v) is 9.00. The molecule has 10 nitrogen and oxygen atoms in total. The van der Waals surface area contributed by atoms with Crippen LogP contribution in [-0.2, 0) is 9.53 Å². The fraction of sp³-hybridized carbons (Fsp3) is 0.368. The van der Waals surface area contributed by atoms with E-state index in [2.05, 4.69) is 80.5 Å². The molecule has 2 aliphatic heterocycles. The minimum absolute atomic E-state index is 0. The van der Waals surface area contributed by atoms with Gasteiger partial charge >= 0.3 is 6.09 Å². The number of hydrogen-bond donors (Lipinski definition) is 4. The molecule has 4 N–H and O–H groups in total. The number of aromatic nitrogens is 4. The Morgan fingerprint density at radius 1 is 0.941 bits per heavy atom. The molecule has 4 heterocycles. The van der Waals surface area contributed by atoms with Crippen molar-refractivity contribution in [1.82, 2.24) is 35.5 Å². The number of halogens is 3. The third-order valence-electron chi connectivity index (χ3n) is 9.00. The second-order valence-corrected chi connectivity index (χ2v) is 12.6. The first-order valence-electron chi connectivity index (χ1n) is 16.5. The third kappa shape index (κ3) is 9.46. The molecule has 0 unspecified atom stereocenters. The van der Waals surface area contributed by atoms with Crippen molar-refractivity contribution in [2.24, 2.45) is 5.92 Å². The van der Waals surface area contributed by atoms with Crippen LogP contribution in [0.5, 0.6) is 0 Å². The largest absolute Gasteiger partial charge is 0.453 e. The molecule has 3 atom stereocenters. The molecule has 13 heteroatoms. The van der Waals surface area contributed by atoms with E-state index in [0.717, 1.165) is 83.1 Å². The van der Waals surface area contributed by atoms with Gasteiger partial charge in [-0.1, -0.05) is 50.1 Å². The Morgan fingerprint density at radius 3 is 2.39 bits per heavy atom. The van der Waals surface area contributed by atoms with Gasteiger partial charge in [-0.2, -0.15) is 0 Å². The zero-order valence-corrected chi connectivity index (χ0v) is 31.5. The summed E-state index contributed by atoms with van der Waals surface area (Å²) in [5, 5.41) is 6.16. The fourth-order valence-electron chi connectivity index (χ4n) is 6.49. The molecule has 2 amide bonds. The van der Waals surface area contributed by atoms with Crippen molar-refractivity contribution >= 4 is 49.2 Å². The summed E-state index contributed by atoms with van der Waals surface area (Å²) < 4.78 is 4.77. The summed E-state index contributed by atoms with van der Waals surface area (Å²) in [7, 11) is 1.30. The average molecular weight is 753 g/mol. The van der Waals surface area contributed by atoms with Crippen LogP contribution in [0.4, 0.5) is 4.79 Å². The molecule has 0 saturated carbocycles. The second kappa shape index (κ2) is 18.7. The Bertz CT molecular complexity index is 1910. The SMILES string of the molecule is COC(=O)N[C@H](C(=O)N1CCC[C@H]1c1ncc(-c2cc(C)c(C#CC#Cc3cnc([C@@H]4CCCN4)[nH]3)c(-c3ccccc3)c2)[nH]1)C(C)C.Cl.Cl.Cl. The summed E-state index contributed by atoms with van der Waals surface area (Å²) in [5.41, 5.74) is 6.54. The molecule has 2 aromatic carbocycles. The van der Waals surface area contributed by atoms with Crippen molar-refractivity contribution < 1.29 is 14.3 Å². The summed E-state index contributed by atoms with van der Waals surface area (Å²) in [6, 6.07) is 13.8. The van der Waals surface area contributed by atoms with Crippen LogP contribution in [0.1, 0.15) is 80.1 Å². The van der Waals surface area contributed by atoms with Gasteiger partial charge in [-0.15, -0.1) is 37.2 Å². The lowest BCUT2D eigenvalue weighted by molar-refractivity contribution is -0.135. The number of likely N-dealkylation sites (tertiary alicyclic amines) is 1. The molecule has 6 rings (SSSR count). The predicted octanol–water partition coefficient (Wildman–Crippen LogP) is 6.91. The Hall–Kier alpha value is -4.45. The zero-order chi connectivity index (χ0) is 33.6. The van der Waals surface area contributed by atoms with Crippen molar-refractivity contribution in [2.45, 2.75) is 64.6 Å². The molecule has 51 heavy (non-hydrogen) atoms. The Kier molecular flexibility index (Phi) is 15.0. The number of nitrogens with one attached hydrogen (secondary N) is 4. The molecule has 2 aliphatic rings. The number of hydrogen-bond acceptors (Lipinski definition) is 6. The second-order valence-electron chi connectivity index (χ2n) is 12.6. The van der Waals surface area contributed by atoms with E-state index < -0.39 is 12.1 Å². The van der Waals surface area contributed by atoms with Crippen LogP contribution < -0.4 is 10.6 Å². The van der Waals surface area contributed by atoms with Gasteiger partial charge in [-0.3, -0.25) is 4.79 Å². The maximum Gasteiger partial charge on any atom is 0.407 e. The van der Waals surface area contributed by atoms with E-state index in [1.54, 1.807) is 6.20 Å². The standard InChI is InChI=1S/C38H41N7O3.3ClH/c1-24(2)34(44-38(47)48-4)37(46)45-19-11-17-33(45)36-41-23-32(43-36)27-20-25(3)29(30(21-27)26-12-6-5-7-13-26)15-9-8-14-28-22-40-35(42-28)31-16-10-18-39-31;;;/h5-7,12-13,20-24,31,33-34,39H,10-11,16-19H2,1-4H3,(H,40,42)(H,41,43)(H,44,47);3*1H/t31-,33-,34-;;;/m0.../s1. The van der Waals surface area contributed by atoms with Gasteiger partial charge in [-0.25, -0.2) is 14.8 Å². The maximum absolute atomic E-state index is 13.6. The van der Waals surface area contributed by atoms with Crippen LogP contribution in [0, 0.1) is 36.5 Å². The number of ether oxygens (including phenoxy) is 1. The van der Waals surface area contributed by atoms with Crippen LogP contribution in [0.25, 0.3) is 22.4 Å². The number of benzene rings is 2. The minimum Gasteiger partial charge on any atom is -0.453 e. The van der Waals surface area contributed by atoms with Gasteiger partial charge in [-0.05, 0) is 91.7 Å². The molecule has 0 aliphatic carbocycles. The molecule has 4 aromatic rings. The Balaban J connectivity index is 0.00000234. The molecule has 2 aromatic heterocycles. The first-order valence-corrected chi connectivity index (χ1v) is 16.5. The summed E-state index contributed by atoms with van der Waals surface area (Å²) in [4.78, 5) is 43.4. The van der Waals surface area contributed by atoms with E-state index in [1.165, 1.54) is 7.11 Å². The van der Waals surface area contributed by atoms with Crippen LogP contribution in [0.15, 0.2) is 54.9 Å². The summed E-state index contributed by atoms with van der Waals surface area (Å²) in [6.45, 7) is 7.48. The number of nitrogens with zero attached hydrogens (tertiary/aromatic N) is 3. The maximum atomic E-state index is 13.6. The zero-order valence-electron chi connectivity index (χ0n) is 29.0. The van der Waals surface area contributed by atoms with E-state index in [0.29, 0.717) is 6.54 Å². The van der Waals surface area contributed by atoms with Gasteiger partial charge in [0.2, 0.25) is 5.91 Å². The van der Waals surface area contributed by atoms with Crippen LogP contribution in [0.2, 0.25) is 0 Å². The highest BCUT2D eigenvalue weighted by atomic mass is 35.5. The van der Waals surface area contributed by atoms with Crippen molar-refractivity contribution in [3.8, 4) is 46.1 Å². The monoisotopic (exact) mass is 751 g/mol. The first-order chi connectivity index (χ1) is 23.3. The van der Waals surface area contributed by atoms with Crippen LogP contribution in [-0.4, -0.2) is 63.1 Å². The minimum atomic E-state index is -0.687. The van der Waals surface area contributed by atoms with E-state index in [9.17, 15) is 9.59 Å². The molecule has 2 fully saturated rings. The Labute approximate surface area is 318 Å². The fourth-order valence-corrected chi connectivity index (χ4v) is 6.49. The predicted molar refractivity (Wildman–Crippen MR) is 206 cm³/mol. The average Bonchev–Trinajstić information content (AvgIpc) is 3.93. The number of alkyl carbamates (subject to hydrolysis) is 1. The number of carbonyl (C=O) groups excluding carboxylic acids is 2. The van der Waals surface area contributed by atoms with E-state index >= 15 is 0 Å². The molecular weight excluding hydrogens is 709 g/mol. The van der Waals surface area contributed by atoms with E-state index in [4.69, 9.17) is 9.72 Å². The van der Waals surface area contributed by atoms with Gasteiger partial charge in [0.25, 0.3) is 0 Å². The van der Waals surface area contributed by atoms with Gasteiger partial charge in [0.05, 0.1) is 37.3 Å². The van der Waals surface area contributed by atoms with Gasteiger partial charge in [0.1, 0.15) is 23.4 Å². The number of H-pyrrole nitrogens is 2. The number of methoxy groups -OCH3 is 1. The van der Waals surface area contributed by atoms with Gasteiger partial charge in [0.15, 0.2) is 0 Å². The topological polar surface area (TPSA) is 128 Å². The lowest BCUT2D eigenvalue weighted by Gasteiger charge is -2.30. The van der Waals surface area contributed by atoms with Crippen molar-refractivity contribution in [2.75, 3.05) is 20.2 Å². The van der Waals surface area contributed by atoms with Crippen molar-refractivity contribution in [3.63, 3.8) is 0 Å². The number of rotatable bonds is 7. The first kappa shape index (κ1) is 41.0. The normalized spacial score (nSPS) is 16.7.